The van der Waals surface area contributed by atoms with E-state index >= 15 is 0 Å². The fourth-order valence-corrected chi connectivity index (χ4v) is 2.84. The second kappa shape index (κ2) is 5.42. The predicted octanol–water partition coefficient (Wildman–Crippen LogP) is 2.91. The molecule has 1 unspecified atom stereocenters. The molecule has 2 rings (SSSR count). The molecule has 1 atom stereocenters. The van der Waals surface area contributed by atoms with Crippen molar-refractivity contribution in [2.24, 2.45) is 11.7 Å². The minimum Gasteiger partial charge on any atom is -0.384 e. The van der Waals surface area contributed by atoms with E-state index in [9.17, 15) is 0 Å². The average molecular weight is 245 g/mol. The minimum absolute atomic E-state index is 0.174. The van der Waals surface area contributed by atoms with Crippen molar-refractivity contribution in [2.45, 2.75) is 33.1 Å². The van der Waals surface area contributed by atoms with Crippen LogP contribution in [0, 0.1) is 18.3 Å². The maximum atomic E-state index is 7.72. The first kappa shape index (κ1) is 12.9. The molecule has 1 aliphatic heterocycles. The van der Waals surface area contributed by atoms with Gasteiger partial charge in [-0.1, -0.05) is 25.0 Å². The van der Waals surface area contributed by atoms with Gasteiger partial charge in [0.1, 0.15) is 5.84 Å². The van der Waals surface area contributed by atoms with Crippen LogP contribution in [0.25, 0.3) is 0 Å². The van der Waals surface area contributed by atoms with Gasteiger partial charge in [-0.25, -0.2) is 0 Å². The maximum Gasteiger partial charge on any atom is 0.124 e. The fourth-order valence-electron chi connectivity index (χ4n) is 2.84. The van der Waals surface area contributed by atoms with Crippen LogP contribution < -0.4 is 10.6 Å². The Kier molecular flexibility index (Phi) is 3.90. The Bertz CT molecular complexity index is 439. The number of benzene rings is 1. The lowest BCUT2D eigenvalue weighted by Crippen LogP contribution is -2.24. The van der Waals surface area contributed by atoms with Crippen LogP contribution in [-0.4, -0.2) is 18.9 Å². The van der Waals surface area contributed by atoms with E-state index in [0.29, 0.717) is 0 Å². The summed E-state index contributed by atoms with van der Waals surface area (Å²) in [6, 6.07) is 6.24. The van der Waals surface area contributed by atoms with E-state index < -0.39 is 0 Å². The third kappa shape index (κ3) is 2.66. The summed E-state index contributed by atoms with van der Waals surface area (Å²) in [6.45, 7) is 6.49. The van der Waals surface area contributed by atoms with Crippen LogP contribution in [-0.2, 0) is 0 Å². The molecule has 3 nitrogen and oxygen atoms in total. The summed E-state index contributed by atoms with van der Waals surface area (Å²) in [6.07, 6.45) is 3.82. The van der Waals surface area contributed by atoms with Crippen molar-refractivity contribution in [1.29, 1.82) is 5.41 Å². The topological polar surface area (TPSA) is 53.1 Å². The molecule has 1 fully saturated rings. The van der Waals surface area contributed by atoms with Crippen molar-refractivity contribution in [3.63, 3.8) is 0 Å². The molecule has 0 amide bonds. The zero-order valence-corrected chi connectivity index (χ0v) is 11.4. The molecule has 0 aromatic heterocycles. The van der Waals surface area contributed by atoms with Crippen LogP contribution >= 0.6 is 0 Å². The van der Waals surface area contributed by atoms with Crippen molar-refractivity contribution >= 4 is 11.5 Å². The summed E-state index contributed by atoms with van der Waals surface area (Å²) in [4.78, 5) is 2.39. The first-order valence-corrected chi connectivity index (χ1v) is 6.81. The Morgan fingerprint density at radius 2 is 2.28 bits per heavy atom. The number of hydrogen-bond acceptors (Lipinski definition) is 2. The lowest BCUT2D eigenvalue weighted by atomic mass is 10.0. The van der Waals surface area contributed by atoms with Gasteiger partial charge in [-0.2, -0.15) is 0 Å². The lowest BCUT2D eigenvalue weighted by Gasteiger charge is -2.22. The van der Waals surface area contributed by atoms with Crippen LogP contribution in [0.15, 0.2) is 18.2 Å². The molecule has 3 N–H and O–H groups in total. The van der Waals surface area contributed by atoms with Gasteiger partial charge in [-0.05, 0) is 37.8 Å². The second-order valence-corrected chi connectivity index (χ2v) is 5.32. The van der Waals surface area contributed by atoms with Crippen molar-refractivity contribution < 1.29 is 0 Å². The van der Waals surface area contributed by atoms with Gasteiger partial charge in [0.05, 0.1) is 0 Å². The van der Waals surface area contributed by atoms with Crippen LogP contribution in [0.1, 0.15) is 37.3 Å². The zero-order valence-electron chi connectivity index (χ0n) is 11.4. The lowest BCUT2D eigenvalue weighted by molar-refractivity contribution is 0.530. The summed E-state index contributed by atoms with van der Waals surface area (Å²) in [5, 5.41) is 7.72. The number of nitrogens with one attached hydrogen (secondary N) is 1. The molecule has 0 saturated carbocycles. The van der Waals surface area contributed by atoms with E-state index in [1.807, 2.05) is 13.0 Å². The van der Waals surface area contributed by atoms with Crippen molar-refractivity contribution in [3.8, 4) is 0 Å². The Morgan fingerprint density at radius 3 is 2.94 bits per heavy atom. The van der Waals surface area contributed by atoms with Gasteiger partial charge < -0.3 is 10.6 Å². The molecular formula is C15H23N3. The Morgan fingerprint density at radius 1 is 1.50 bits per heavy atom. The van der Waals surface area contributed by atoms with Crippen LogP contribution in [0.3, 0.4) is 0 Å². The van der Waals surface area contributed by atoms with Crippen molar-refractivity contribution in [1.82, 2.24) is 0 Å². The van der Waals surface area contributed by atoms with Crippen LogP contribution in [0.2, 0.25) is 0 Å². The summed E-state index contributed by atoms with van der Waals surface area (Å²) in [5.41, 5.74) is 8.87. The zero-order chi connectivity index (χ0) is 13.1. The molecular weight excluding hydrogens is 222 g/mol. The highest BCUT2D eigenvalue weighted by molar-refractivity contribution is 6.00. The normalized spacial score (nSPS) is 19.2. The molecule has 0 aliphatic carbocycles. The molecule has 1 aliphatic rings. The average Bonchev–Trinajstić information content (AvgIpc) is 2.78. The van der Waals surface area contributed by atoms with Gasteiger partial charge in [0.15, 0.2) is 0 Å². The molecule has 0 bridgehead atoms. The Balaban J connectivity index is 2.21. The van der Waals surface area contributed by atoms with E-state index in [1.165, 1.54) is 19.3 Å². The van der Waals surface area contributed by atoms with Crippen LogP contribution in [0.5, 0.6) is 0 Å². The van der Waals surface area contributed by atoms with E-state index in [-0.39, 0.29) is 5.84 Å². The van der Waals surface area contributed by atoms with E-state index in [1.54, 1.807) is 0 Å². The monoisotopic (exact) mass is 245 g/mol. The molecule has 0 spiro atoms. The van der Waals surface area contributed by atoms with Crippen LogP contribution in [0.4, 0.5) is 5.69 Å². The summed E-state index contributed by atoms with van der Waals surface area (Å²) >= 11 is 0. The minimum atomic E-state index is 0.174. The quantitative estimate of drug-likeness (QED) is 0.633. The van der Waals surface area contributed by atoms with E-state index in [0.717, 1.165) is 35.8 Å². The standard InChI is InChI=1S/C15H23N3/c1-3-4-12-7-8-18(10-12)14-6-5-11(2)9-13(14)15(16)17/h5-6,9,12H,3-4,7-8,10H2,1-2H3,(H3,16,17). The number of nitrogens with two attached hydrogens (primary N) is 1. The third-order valence-electron chi connectivity index (χ3n) is 3.77. The molecule has 1 aromatic rings. The highest BCUT2D eigenvalue weighted by atomic mass is 15.2. The Labute approximate surface area is 109 Å². The molecule has 1 saturated heterocycles. The highest BCUT2D eigenvalue weighted by Crippen LogP contribution is 2.29. The van der Waals surface area contributed by atoms with Gasteiger partial charge in [0, 0.05) is 24.3 Å². The summed E-state index contributed by atoms with van der Waals surface area (Å²) < 4.78 is 0. The summed E-state index contributed by atoms with van der Waals surface area (Å²) in [5.74, 6) is 0.976. The Hall–Kier alpha value is -1.51. The molecule has 98 valence electrons. The molecule has 18 heavy (non-hydrogen) atoms. The van der Waals surface area contributed by atoms with Gasteiger partial charge >= 0.3 is 0 Å². The van der Waals surface area contributed by atoms with Crippen molar-refractivity contribution in [3.05, 3.63) is 29.3 Å². The number of anilines is 1. The fraction of sp³-hybridized carbons (Fsp3) is 0.533. The van der Waals surface area contributed by atoms with E-state index in [2.05, 4.69) is 24.0 Å². The second-order valence-electron chi connectivity index (χ2n) is 5.32. The molecule has 3 heteroatoms. The molecule has 0 radical (unpaired) electrons. The number of nitrogen functional groups attached to an aromatic ring is 1. The molecule has 1 heterocycles. The largest absolute Gasteiger partial charge is 0.384 e. The smallest absolute Gasteiger partial charge is 0.124 e. The number of aryl methyl sites for hydroxylation is 1. The number of hydrogen-bond donors (Lipinski definition) is 2. The number of amidine groups is 1. The predicted molar refractivity (Wildman–Crippen MR) is 77.4 cm³/mol. The number of nitrogens with zero attached hydrogens (tertiary/aromatic N) is 1. The first-order chi connectivity index (χ1) is 8.61. The van der Waals surface area contributed by atoms with Gasteiger partial charge in [-0.3, -0.25) is 5.41 Å². The SMILES string of the molecule is CCCC1CCN(c2ccc(C)cc2C(=N)N)C1. The van der Waals surface area contributed by atoms with Gasteiger partial charge in [0.2, 0.25) is 0 Å². The number of rotatable bonds is 4. The van der Waals surface area contributed by atoms with Gasteiger partial charge in [-0.15, -0.1) is 0 Å². The summed E-state index contributed by atoms with van der Waals surface area (Å²) in [7, 11) is 0. The van der Waals surface area contributed by atoms with Crippen molar-refractivity contribution in [2.75, 3.05) is 18.0 Å². The third-order valence-corrected chi connectivity index (χ3v) is 3.77. The maximum absolute atomic E-state index is 7.72. The molecule has 1 aromatic carbocycles. The first-order valence-electron chi connectivity index (χ1n) is 6.81. The highest BCUT2D eigenvalue weighted by Gasteiger charge is 2.23. The van der Waals surface area contributed by atoms with E-state index in [4.69, 9.17) is 11.1 Å². The van der Waals surface area contributed by atoms with Gasteiger partial charge in [0.25, 0.3) is 0 Å².